The molecular formula is C18H19N3O4. The van der Waals surface area contributed by atoms with Gasteiger partial charge in [-0.15, -0.1) is 12.3 Å². The molecule has 130 valence electrons. The maximum atomic E-state index is 12.1. The molecule has 3 N–H and O–H groups in total. The molecule has 1 atom stereocenters. The lowest BCUT2D eigenvalue weighted by Crippen LogP contribution is -2.38. The highest BCUT2D eigenvalue weighted by Crippen LogP contribution is 2.32. The van der Waals surface area contributed by atoms with Crippen molar-refractivity contribution < 1.29 is 9.90 Å². The van der Waals surface area contributed by atoms with Crippen LogP contribution in [0.3, 0.4) is 0 Å². The summed E-state index contributed by atoms with van der Waals surface area (Å²) in [7, 11) is 3.13. The molecule has 0 aliphatic carbocycles. The summed E-state index contributed by atoms with van der Waals surface area (Å²) in [5, 5.41) is 15.9. The minimum atomic E-state index is -0.695. The van der Waals surface area contributed by atoms with Gasteiger partial charge in [0.05, 0.1) is 11.3 Å². The van der Waals surface area contributed by atoms with E-state index >= 15 is 0 Å². The van der Waals surface area contributed by atoms with Crippen molar-refractivity contribution in [3.63, 3.8) is 0 Å². The number of amides is 1. The number of benzene rings is 1. The SMILES string of the molecule is C#CCC(C)Nc1c(Nc2cccc(C(=O)N(C)C)c2O)c(=O)c1=O. The Labute approximate surface area is 145 Å². The Morgan fingerprint density at radius 1 is 1.28 bits per heavy atom. The van der Waals surface area contributed by atoms with Crippen LogP contribution < -0.4 is 21.5 Å². The van der Waals surface area contributed by atoms with Gasteiger partial charge in [-0.05, 0) is 19.1 Å². The van der Waals surface area contributed by atoms with Gasteiger partial charge in [-0.25, -0.2) is 0 Å². The first kappa shape index (κ1) is 18.1. The van der Waals surface area contributed by atoms with Crippen LogP contribution in [0.25, 0.3) is 0 Å². The highest BCUT2D eigenvalue weighted by molar-refractivity contribution is 5.99. The van der Waals surface area contributed by atoms with Crippen molar-refractivity contribution >= 4 is 23.0 Å². The zero-order valence-corrected chi connectivity index (χ0v) is 14.2. The molecule has 0 saturated heterocycles. The number of phenols is 1. The van der Waals surface area contributed by atoms with E-state index in [9.17, 15) is 19.5 Å². The summed E-state index contributed by atoms with van der Waals surface area (Å²) in [6.07, 6.45) is 5.62. The number of hydrogen-bond acceptors (Lipinski definition) is 6. The molecule has 2 aromatic rings. The van der Waals surface area contributed by atoms with Crippen LogP contribution in [0, 0.1) is 12.3 Å². The van der Waals surface area contributed by atoms with Gasteiger partial charge < -0.3 is 20.6 Å². The van der Waals surface area contributed by atoms with Gasteiger partial charge in [0, 0.05) is 26.6 Å². The van der Waals surface area contributed by atoms with Gasteiger partial charge in [0.15, 0.2) is 5.75 Å². The number of hydrogen-bond donors (Lipinski definition) is 3. The van der Waals surface area contributed by atoms with Gasteiger partial charge in [-0.1, -0.05) is 6.07 Å². The van der Waals surface area contributed by atoms with Crippen molar-refractivity contribution in [2.75, 3.05) is 24.7 Å². The van der Waals surface area contributed by atoms with E-state index in [2.05, 4.69) is 16.6 Å². The van der Waals surface area contributed by atoms with Crippen LogP contribution in [-0.4, -0.2) is 36.1 Å². The fourth-order valence-electron chi connectivity index (χ4n) is 2.32. The fraction of sp³-hybridized carbons (Fsp3) is 0.278. The van der Waals surface area contributed by atoms with E-state index in [0.29, 0.717) is 6.42 Å². The lowest BCUT2D eigenvalue weighted by molar-refractivity contribution is 0.0824. The largest absolute Gasteiger partial charge is 0.505 e. The second-order valence-corrected chi connectivity index (χ2v) is 5.89. The van der Waals surface area contributed by atoms with E-state index in [0.717, 1.165) is 0 Å². The molecule has 0 spiro atoms. The number of anilines is 3. The molecule has 0 heterocycles. The molecule has 0 aliphatic heterocycles. The van der Waals surface area contributed by atoms with Crippen molar-refractivity contribution in [2.24, 2.45) is 0 Å². The first-order chi connectivity index (χ1) is 11.8. The van der Waals surface area contributed by atoms with Crippen LogP contribution in [0.4, 0.5) is 17.1 Å². The van der Waals surface area contributed by atoms with E-state index in [4.69, 9.17) is 6.42 Å². The van der Waals surface area contributed by atoms with Crippen molar-refractivity contribution in [2.45, 2.75) is 19.4 Å². The lowest BCUT2D eigenvalue weighted by Gasteiger charge is -2.19. The zero-order valence-electron chi connectivity index (χ0n) is 14.2. The summed E-state index contributed by atoms with van der Waals surface area (Å²) in [4.78, 5) is 37.0. The van der Waals surface area contributed by atoms with Gasteiger partial charge in [-0.2, -0.15) is 0 Å². The van der Waals surface area contributed by atoms with Crippen LogP contribution in [-0.2, 0) is 0 Å². The van der Waals surface area contributed by atoms with E-state index in [-0.39, 0.29) is 40.3 Å². The molecule has 7 heteroatoms. The Hall–Kier alpha value is -3.27. The molecule has 0 aromatic heterocycles. The van der Waals surface area contributed by atoms with E-state index in [1.165, 1.54) is 17.0 Å². The highest BCUT2D eigenvalue weighted by Gasteiger charge is 2.24. The van der Waals surface area contributed by atoms with E-state index in [1.807, 2.05) is 0 Å². The Bertz CT molecular complexity index is 917. The topological polar surface area (TPSA) is 98.7 Å². The minimum Gasteiger partial charge on any atom is -0.505 e. The third-order valence-electron chi connectivity index (χ3n) is 3.66. The van der Waals surface area contributed by atoms with Gasteiger partial charge >= 0.3 is 0 Å². The van der Waals surface area contributed by atoms with Crippen LogP contribution in [0.2, 0.25) is 0 Å². The van der Waals surface area contributed by atoms with Crippen LogP contribution >= 0.6 is 0 Å². The fourth-order valence-corrected chi connectivity index (χ4v) is 2.32. The van der Waals surface area contributed by atoms with E-state index < -0.39 is 10.9 Å². The maximum absolute atomic E-state index is 12.1. The molecule has 7 nitrogen and oxygen atoms in total. The number of nitrogens with zero attached hydrogens (tertiary/aromatic N) is 1. The van der Waals surface area contributed by atoms with Crippen molar-refractivity contribution in [3.05, 3.63) is 44.2 Å². The number of aromatic hydroxyl groups is 1. The third kappa shape index (κ3) is 3.48. The molecular weight excluding hydrogens is 322 g/mol. The number of rotatable bonds is 6. The van der Waals surface area contributed by atoms with Crippen molar-refractivity contribution in [1.29, 1.82) is 0 Å². The molecule has 2 aromatic carbocycles. The highest BCUT2D eigenvalue weighted by atomic mass is 16.3. The summed E-state index contributed by atoms with van der Waals surface area (Å²) in [6.45, 7) is 1.79. The Kier molecular flexibility index (Phi) is 5.13. The third-order valence-corrected chi connectivity index (χ3v) is 3.66. The smallest absolute Gasteiger partial charge is 0.257 e. The summed E-state index contributed by atoms with van der Waals surface area (Å²) < 4.78 is 0. The first-order valence-corrected chi connectivity index (χ1v) is 7.61. The summed E-state index contributed by atoms with van der Waals surface area (Å²) >= 11 is 0. The zero-order chi connectivity index (χ0) is 18.7. The average molecular weight is 341 g/mol. The molecule has 0 saturated carbocycles. The second-order valence-electron chi connectivity index (χ2n) is 5.89. The molecule has 0 fully saturated rings. The number of carbonyl (C=O) groups excluding carboxylic acids is 1. The molecule has 0 aliphatic rings. The summed E-state index contributed by atoms with van der Waals surface area (Å²) in [5.41, 5.74) is -0.933. The number of para-hydroxylation sites is 1. The molecule has 1 amide bonds. The van der Waals surface area contributed by atoms with Crippen molar-refractivity contribution in [1.82, 2.24) is 4.90 Å². The average Bonchev–Trinajstić information content (AvgIpc) is 2.58. The predicted octanol–water partition coefficient (Wildman–Crippen LogP) is 1.26. The van der Waals surface area contributed by atoms with Crippen molar-refractivity contribution in [3.8, 4) is 18.1 Å². The quantitative estimate of drug-likeness (QED) is 0.416. The molecule has 2 rings (SSSR count). The van der Waals surface area contributed by atoms with Gasteiger partial charge in [0.25, 0.3) is 16.8 Å². The summed E-state index contributed by atoms with van der Waals surface area (Å²) in [5.74, 6) is 1.79. The second kappa shape index (κ2) is 7.09. The maximum Gasteiger partial charge on any atom is 0.257 e. The van der Waals surface area contributed by atoms with Gasteiger partial charge in [0.2, 0.25) is 0 Å². The van der Waals surface area contributed by atoms with Crippen LogP contribution in [0.5, 0.6) is 5.75 Å². The Balaban J connectivity index is 2.33. The van der Waals surface area contributed by atoms with Gasteiger partial charge in [0.1, 0.15) is 11.4 Å². The van der Waals surface area contributed by atoms with E-state index in [1.54, 1.807) is 27.1 Å². The lowest BCUT2D eigenvalue weighted by atomic mass is 10.1. The summed E-state index contributed by atoms with van der Waals surface area (Å²) in [6, 6.07) is 4.36. The number of nitrogens with one attached hydrogen (secondary N) is 2. The monoisotopic (exact) mass is 341 g/mol. The Morgan fingerprint density at radius 3 is 2.52 bits per heavy atom. The Morgan fingerprint density at radius 2 is 1.92 bits per heavy atom. The molecule has 1 unspecified atom stereocenters. The normalized spacial score (nSPS) is 11.6. The standard InChI is InChI=1S/C18H19N3O4/c1-5-7-10(2)19-13-14(17(24)16(13)23)20-12-9-6-8-11(15(12)22)18(25)21(3)4/h1,6,8-10,19-20,22H,7H2,2-4H3. The minimum absolute atomic E-state index is 0.0404. The van der Waals surface area contributed by atoms with Gasteiger partial charge in [-0.3, -0.25) is 14.4 Å². The predicted molar refractivity (Wildman–Crippen MR) is 97.3 cm³/mol. The van der Waals surface area contributed by atoms with Crippen LogP contribution in [0.15, 0.2) is 27.8 Å². The number of phenolic OH excluding ortho intramolecular Hbond substituents is 1. The number of carbonyl (C=O) groups is 1. The molecule has 25 heavy (non-hydrogen) atoms. The first-order valence-electron chi connectivity index (χ1n) is 7.61. The molecule has 0 radical (unpaired) electrons. The molecule has 0 bridgehead atoms. The number of terminal acetylenes is 1. The van der Waals surface area contributed by atoms with Crippen LogP contribution in [0.1, 0.15) is 23.7 Å².